The van der Waals surface area contributed by atoms with E-state index < -0.39 is 0 Å². The van der Waals surface area contributed by atoms with E-state index in [2.05, 4.69) is 39.8 Å². The molecule has 1 aromatic rings. The summed E-state index contributed by atoms with van der Waals surface area (Å²) in [7, 11) is 0. The van der Waals surface area contributed by atoms with E-state index in [9.17, 15) is 0 Å². The van der Waals surface area contributed by atoms with Crippen LogP contribution in [-0.2, 0) is 4.74 Å². The summed E-state index contributed by atoms with van der Waals surface area (Å²) in [4.78, 5) is 0. The average molecular weight is 207 g/mol. The van der Waals surface area contributed by atoms with E-state index in [4.69, 9.17) is 10.5 Å². The van der Waals surface area contributed by atoms with Crippen molar-refractivity contribution in [2.24, 2.45) is 5.73 Å². The minimum Gasteiger partial charge on any atom is -0.372 e. The summed E-state index contributed by atoms with van der Waals surface area (Å²) in [6.45, 7) is 9.67. The van der Waals surface area contributed by atoms with Gasteiger partial charge in [0.05, 0.1) is 12.7 Å². The third-order valence-electron chi connectivity index (χ3n) is 2.81. The maximum absolute atomic E-state index is 5.63. The highest BCUT2D eigenvalue weighted by Crippen LogP contribution is 2.23. The summed E-state index contributed by atoms with van der Waals surface area (Å²) in [6, 6.07) is 4.43. The third-order valence-corrected chi connectivity index (χ3v) is 2.81. The smallest absolute Gasteiger partial charge is 0.0800 e. The van der Waals surface area contributed by atoms with Crippen molar-refractivity contribution >= 4 is 0 Å². The van der Waals surface area contributed by atoms with Gasteiger partial charge in [0.1, 0.15) is 0 Å². The second kappa shape index (κ2) is 5.29. The van der Waals surface area contributed by atoms with E-state index in [1.165, 1.54) is 22.3 Å². The summed E-state index contributed by atoms with van der Waals surface area (Å²) >= 11 is 0. The van der Waals surface area contributed by atoms with Gasteiger partial charge in [-0.1, -0.05) is 12.1 Å². The van der Waals surface area contributed by atoms with Crippen LogP contribution in [0, 0.1) is 20.8 Å². The van der Waals surface area contributed by atoms with Gasteiger partial charge in [-0.05, 0) is 49.9 Å². The molecule has 0 amide bonds. The SMILES string of the molecule is Cc1cc(C)c(C(C)OCCN)cc1C. The Kier molecular flexibility index (Phi) is 4.30. The second-order valence-corrected chi connectivity index (χ2v) is 4.09. The molecular weight excluding hydrogens is 186 g/mol. The predicted molar refractivity (Wildman–Crippen MR) is 64.1 cm³/mol. The molecule has 2 heteroatoms. The van der Waals surface area contributed by atoms with Crippen molar-refractivity contribution in [1.82, 2.24) is 0 Å². The van der Waals surface area contributed by atoms with Crippen LogP contribution in [0.4, 0.5) is 0 Å². The fourth-order valence-electron chi connectivity index (χ4n) is 1.76. The molecule has 0 spiro atoms. The van der Waals surface area contributed by atoms with Crippen molar-refractivity contribution in [3.63, 3.8) is 0 Å². The quantitative estimate of drug-likeness (QED) is 0.823. The molecule has 0 fully saturated rings. The van der Waals surface area contributed by atoms with Crippen LogP contribution in [0.2, 0.25) is 0 Å². The Morgan fingerprint density at radius 1 is 1.13 bits per heavy atom. The number of nitrogens with two attached hydrogens (primary N) is 1. The molecule has 0 aliphatic rings. The van der Waals surface area contributed by atoms with Gasteiger partial charge in [-0.3, -0.25) is 0 Å². The molecule has 1 unspecified atom stereocenters. The minimum atomic E-state index is 0.132. The van der Waals surface area contributed by atoms with Crippen LogP contribution in [0.25, 0.3) is 0 Å². The van der Waals surface area contributed by atoms with Crippen LogP contribution in [0.5, 0.6) is 0 Å². The highest BCUT2D eigenvalue weighted by molar-refractivity contribution is 5.37. The van der Waals surface area contributed by atoms with Gasteiger partial charge in [0, 0.05) is 6.54 Å². The molecule has 0 bridgehead atoms. The van der Waals surface area contributed by atoms with E-state index in [-0.39, 0.29) is 6.10 Å². The number of benzene rings is 1. The Hall–Kier alpha value is -0.860. The van der Waals surface area contributed by atoms with E-state index in [1.54, 1.807) is 0 Å². The largest absolute Gasteiger partial charge is 0.372 e. The van der Waals surface area contributed by atoms with Crippen molar-refractivity contribution in [2.75, 3.05) is 13.2 Å². The van der Waals surface area contributed by atoms with Gasteiger partial charge < -0.3 is 10.5 Å². The lowest BCUT2D eigenvalue weighted by Crippen LogP contribution is -2.11. The standard InChI is InChI=1S/C13H21NO/c1-9-7-11(3)13(8-10(9)2)12(4)15-6-5-14/h7-8,12H,5-6,14H2,1-4H3. The van der Waals surface area contributed by atoms with Gasteiger partial charge >= 0.3 is 0 Å². The number of rotatable bonds is 4. The van der Waals surface area contributed by atoms with Crippen molar-refractivity contribution in [3.05, 3.63) is 34.4 Å². The van der Waals surface area contributed by atoms with Crippen molar-refractivity contribution < 1.29 is 4.74 Å². The number of hydrogen-bond donors (Lipinski definition) is 1. The molecule has 0 saturated carbocycles. The molecule has 0 aliphatic heterocycles. The van der Waals surface area contributed by atoms with Crippen LogP contribution >= 0.6 is 0 Å². The molecule has 0 saturated heterocycles. The summed E-state index contributed by atoms with van der Waals surface area (Å²) in [5, 5.41) is 0. The third kappa shape index (κ3) is 3.05. The van der Waals surface area contributed by atoms with Crippen LogP contribution in [-0.4, -0.2) is 13.2 Å². The van der Waals surface area contributed by atoms with Gasteiger partial charge in [0.2, 0.25) is 0 Å². The maximum Gasteiger partial charge on any atom is 0.0800 e. The molecule has 0 radical (unpaired) electrons. The highest BCUT2D eigenvalue weighted by atomic mass is 16.5. The first kappa shape index (κ1) is 12.2. The van der Waals surface area contributed by atoms with E-state index in [0.29, 0.717) is 13.2 Å². The van der Waals surface area contributed by atoms with Gasteiger partial charge in [-0.2, -0.15) is 0 Å². The Bertz CT molecular complexity index is 334. The van der Waals surface area contributed by atoms with Gasteiger partial charge in [-0.15, -0.1) is 0 Å². The Balaban J connectivity index is 2.88. The average Bonchev–Trinajstić information content (AvgIpc) is 2.20. The first-order chi connectivity index (χ1) is 7.06. The zero-order valence-corrected chi connectivity index (χ0v) is 10.1. The maximum atomic E-state index is 5.63. The summed E-state index contributed by atoms with van der Waals surface area (Å²) in [5.74, 6) is 0. The second-order valence-electron chi connectivity index (χ2n) is 4.09. The molecule has 2 nitrogen and oxygen atoms in total. The Morgan fingerprint density at radius 3 is 2.33 bits per heavy atom. The number of ether oxygens (including phenoxy) is 1. The molecule has 1 rings (SSSR count). The lowest BCUT2D eigenvalue weighted by atomic mass is 9.98. The first-order valence-corrected chi connectivity index (χ1v) is 5.45. The Morgan fingerprint density at radius 2 is 1.73 bits per heavy atom. The van der Waals surface area contributed by atoms with E-state index >= 15 is 0 Å². The number of aryl methyl sites for hydroxylation is 3. The highest BCUT2D eigenvalue weighted by Gasteiger charge is 2.09. The molecule has 15 heavy (non-hydrogen) atoms. The molecule has 1 atom stereocenters. The van der Waals surface area contributed by atoms with Gasteiger partial charge in [0.15, 0.2) is 0 Å². The summed E-state index contributed by atoms with van der Waals surface area (Å²) in [6.07, 6.45) is 0.132. The molecule has 2 N–H and O–H groups in total. The lowest BCUT2D eigenvalue weighted by molar-refractivity contribution is 0.0713. The molecular formula is C13H21NO. The lowest BCUT2D eigenvalue weighted by Gasteiger charge is -2.17. The molecule has 84 valence electrons. The predicted octanol–water partition coefficient (Wildman–Crippen LogP) is 2.65. The zero-order chi connectivity index (χ0) is 11.4. The minimum absolute atomic E-state index is 0.132. The first-order valence-electron chi connectivity index (χ1n) is 5.45. The normalized spacial score (nSPS) is 12.9. The monoisotopic (exact) mass is 207 g/mol. The fraction of sp³-hybridized carbons (Fsp3) is 0.538. The number of hydrogen-bond acceptors (Lipinski definition) is 2. The van der Waals surface area contributed by atoms with Gasteiger partial charge in [-0.25, -0.2) is 0 Å². The zero-order valence-electron chi connectivity index (χ0n) is 10.1. The van der Waals surface area contributed by atoms with Crippen molar-refractivity contribution in [1.29, 1.82) is 0 Å². The summed E-state index contributed by atoms with van der Waals surface area (Å²) < 4.78 is 5.63. The molecule has 0 heterocycles. The van der Waals surface area contributed by atoms with E-state index in [0.717, 1.165) is 0 Å². The fourth-order valence-corrected chi connectivity index (χ4v) is 1.76. The van der Waals surface area contributed by atoms with Crippen molar-refractivity contribution in [2.45, 2.75) is 33.8 Å². The van der Waals surface area contributed by atoms with Crippen LogP contribution in [0.1, 0.15) is 35.3 Å². The summed E-state index contributed by atoms with van der Waals surface area (Å²) in [5.41, 5.74) is 10.6. The van der Waals surface area contributed by atoms with E-state index in [1.807, 2.05) is 0 Å². The molecule has 0 aliphatic carbocycles. The molecule has 0 aromatic heterocycles. The van der Waals surface area contributed by atoms with Crippen molar-refractivity contribution in [3.8, 4) is 0 Å². The van der Waals surface area contributed by atoms with Crippen LogP contribution in [0.15, 0.2) is 12.1 Å². The van der Waals surface area contributed by atoms with Gasteiger partial charge in [0.25, 0.3) is 0 Å². The van der Waals surface area contributed by atoms with Crippen LogP contribution in [0.3, 0.4) is 0 Å². The Labute approximate surface area is 92.4 Å². The molecule has 1 aromatic carbocycles. The topological polar surface area (TPSA) is 35.2 Å². The van der Waals surface area contributed by atoms with Crippen LogP contribution < -0.4 is 5.73 Å².